The Hall–Kier alpha value is -1.03. The van der Waals surface area contributed by atoms with Crippen LogP contribution in [0, 0.1) is 6.42 Å². The van der Waals surface area contributed by atoms with Crippen LogP contribution in [0.1, 0.15) is 11.3 Å². The van der Waals surface area contributed by atoms with Crippen molar-refractivity contribution < 1.29 is 0 Å². The van der Waals surface area contributed by atoms with Gasteiger partial charge in [0.2, 0.25) is 0 Å². The number of aromatic nitrogens is 1. The van der Waals surface area contributed by atoms with Crippen molar-refractivity contribution in [1.82, 2.24) is 4.98 Å². The Morgan fingerprint density at radius 2 is 1.64 bits per heavy atom. The van der Waals surface area contributed by atoms with Gasteiger partial charge < -0.3 is 0 Å². The molecule has 1 nitrogen and oxygen atoms in total. The van der Waals surface area contributed by atoms with Crippen LogP contribution in [0.5, 0.6) is 0 Å². The fourth-order valence-corrected chi connectivity index (χ4v) is 1.78. The van der Waals surface area contributed by atoms with Crippen LogP contribution < -0.4 is 0 Å². The Morgan fingerprint density at radius 3 is 2.57 bits per heavy atom. The zero-order valence-corrected chi connectivity index (χ0v) is 7.07. The summed E-state index contributed by atoms with van der Waals surface area (Å²) in [5.74, 6) is 0. The first-order valence-corrected chi connectivity index (χ1v) is 4.34. The van der Waals surface area contributed by atoms with Gasteiger partial charge in [-0.25, -0.2) is 0 Å². The van der Waals surface area contributed by atoms with Crippen molar-refractivity contribution in [2.75, 3.05) is 0 Å². The van der Waals surface area contributed by atoms with E-state index in [9.17, 15) is 0 Å². The van der Waals surface area contributed by atoms with E-state index in [2.05, 4.69) is 41.7 Å². The van der Waals surface area contributed by atoms with Gasteiger partial charge in [0.25, 0.3) is 0 Å². The molecule has 2 heteroatoms. The summed E-state index contributed by atoms with van der Waals surface area (Å²) in [6.07, 6.45) is 3.96. The molecule has 1 aromatic heterocycles. The number of pyridine rings is 1. The Kier molecular flexibility index (Phi) is 2.46. The van der Waals surface area contributed by atoms with E-state index in [-0.39, 0.29) is 18.9 Å². The normalized spacial score (nSPS) is 11.4. The minimum atomic E-state index is 0. The van der Waals surface area contributed by atoms with Crippen LogP contribution in [0.3, 0.4) is 0 Å². The monoisotopic (exact) mass is 174 g/mol. The number of fused-ring (bicyclic) bond motifs is 3. The third-order valence-corrected chi connectivity index (χ3v) is 2.38. The number of hydrogen-bond acceptors (Lipinski definition) is 1. The molecule has 0 aliphatic heterocycles. The van der Waals surface area contributed by atoms with Gasteiger partial charge in [-0.1, -0.05) is 30.3 Å². The molecule has 14 heavy (non-hydrogen) atoms. The SMILES string of the molecule is [CH]1c2ccccc2-c2cccnc21.[LiH]. The van der Waals surface area contributed by atoms with E-state index in [0.717, 1.165) is 5.69 Å². The second kappa shape index (κ2) is 3.61. The molecule has 1 aliphatic rings. The summed E-state index contributed by atoms with van der Waals surface area (Å²) in [6, 6.07) is 12.5. The standard InChI is InChI=1S/C12H8N.Li.H/c1-2-5-10-9(4-1)8-12-11(10)6-3-7-13-12;;/h1-8H;;. The van der Waals surface area contributed by atoms with Gasteiger partial charge in [0.05, 0.1) is 5.69 Å². The quantitative estimate of drug-likeness (QED) is 0.475. The van der Waals surface area contributed by atoms with Crippen molar-refractivity contribution in [1.29, 1.82) is 0 Å². The molecule has 2 aromatic rings. The van der Waals surface area contributed by atoms with Crippen molar-refractivity contribution in [3.63, 3.8) is 0 Å². The van der Waals surface area contributed by atoms with Gasteiger partial charge in [-0.2, -0.15) is 0 Å². The summed E-state index contributed by atoms with van der Waals surface area (Å²) < 4.78 is 0. The molecular formula is C12H9LiN. The summed E-state index contributed by atoms with van der Waals surface area (Å²) in [5, 5.41) is 0. The summed E-state index contributed by atoms with van der Waals surface area (Å²) in [5.41, 5.74) is 4.91. The number of rotatable bonds is 0. The molecule has 3 rings (SSSR count). The molecule has 0 saturated carbocycles. The first-order chi connectivity index (χ1) is 6.45. The zero-order valence-electron chi connectivity index (χ0n) is 7.07. The van der Waals surface area contributed by atoms with Gasteiger partial charge in [0.1, 0.15) is 0 Å². The summed E-state index contributed by atoms with van der Waals surface area (Å²) in [6.45, 7) is 0. The first kappa shape index (κ1) is 9.52. The zero-order chi connectivity index (χ0) is 8.67. The second-order valence-corrected chi connectivity index (χ2v) is 3.17. The van der Waals surface area contributed by atoms with Gasteiger partial charge in [0.15, 0.2) is 0 Å². The molecule has 0 atom stereocenters. The molecule has 63 valence electrons. The molecule has 0 amide bonds. The van der Waals surface area contributed by atoms with E-state index in [4.69, 9.17) is 0 Å². The topological polar surface area (TPSA) is 12.9 Å². The summed E-state index contributed by atoms with van der Waals surface area (Å²) in [7, 11) is 0. The van der Waals surface area contributed by atoms with E-state index in [1.54, 1.807) is 0 Å². The van der Waals surface area contributed by atoms with Crippen molar-refractivity contribution in [2.24, 2.45) is 0 Å². The molecule has 0 unspecified atom stereocenters. The molecule has 0 N–H and O–H groups in total. The van der Waals surface area contributed by atoms with Crippen LogP contribution in [0.25, 0.3) is 11.1 Å². The van der Waals surface area contributed by atoms with Crippen molar-refractivity contribution in [3.8, 4) is 11.1 Å². The molecule has 1 heterocycles. The molecule has 1 aromatic carbocycles. The fourth-order valence-electron chi connectivity index (χ4n) is 1.78. The third kappa shape index (κ3) is 1.30. The molecular weight excluding hydrogens is 165 g/mol. The van der Waals surface area contributed by atoms with Crippen LogP contribution in [0.15, 0.2) is 42.6 Å². The molecule has 0 saturated heterocycles. The van der Waals surface area contributed by atoms with Gasteiger partial charge in [0, 0.05) is 18.2 Å². The number of nitrogens with zero attached hydrogens (tertiary/aromatic N) is 1. The van der Waals surface area contributed by atoms with Gasteiger partial charge in [-0.15, -0.1) is 0 Å². The number of hydrogen-bond donors (Lipinski definition) is 0. The van der Waals surface area contributed by atoms with E-state index in [1.807, 2.05) is 12.3 Å². The average molecular weight is 174 g/mol. The molecule has 0 spiro atoms. The minimum absolute atomic E-state index is 0. The van der Waals surface area contributed by atoms with Crippen LogP contribution in [-0.4, -0.2) is 23.8 Å². The van der Waals surface area contributed by atoms with Crippen molar-refractivity contribution in [2.45, 2.75) is 0 Å². The Bertz CT molecular complexity index is 422. The van der Waals surface area contributed by atoms with Crippen LogP contribution >= 0.6 is 0 Å². The van der Waals surface area contributed by atoms with E-state index in [0.29, 0.717) is 0 Å². The molecule has 1 radical (unpaired) electrons. The van der Waals surface area contributed by atoms with Gasteiger partial charge >= 0.3 is 18.9 Å². The van der Waals surface area contributed by atoms with E-state index >= 15 is 0 Å². The predicted octanol–water partition coefficient (Wildman–Crippen LogP) is 2.01. The molecule has 0 fully saturated rings. The Balaban J connectivity index is 0.000000750. The van der Waals surface area contributed by atoms with Crippen LogP contribution in [0.4, 0.5) is 0 Å². The number of benzene rings is 1. The van der Waals surface area contributed by atoms with Crippen LogP contribution in [-0.2, 0) is 0 Å². The second-order valence-electron chi connectivity index (χ2n) is 3.17. The first-order valence-electron chi connectivity index (χ1n) is 4.34. The maximum absolute atomic E-state index is 4.32. The average Bonchev–Trinajstić information content (AvgIpc) is 2.56. The maximum atomic E-state index is 4.32. The van der Waals surface area contributed by atoms with Crippen LogP contribution in [0.2, 0.25) is 0 Å². The van der Waals surface area contributed by atoms with Gasteiger partial charge in [-0.3, -0.25) is 4.98 Å². The predicted molar refractivity (Wildman–Crippen MR) is 59.3 cm³/mol. The Morgan fingerprint density at radius 1 is 0.857 bits per heavy atom. The molecule has 1 aliphatic carbocycles. The van der Waals surface area contributed by atoms with Crippen molar-refractivity contribution in [3.05, 3.63) is 60.3 Å². The third-order valence-electron chi connectivity index (χ3n) is 2.38. The van der Waals surface area contributed by atoms with E-state index < -0.39 is 0 Å². The Labute approximate surface area is 95.4 Å². The summed E-state index contributed by atoms with van der Waals surface area (Å²) >= 11 is 0. The van der Waals surface area contributed by atoms with Crippen molar-refractivity contribution >= 4 is 18.9 Å². The van der Waals surface area contributed by atoms with E-state index in [1.165, 1.54) is 16.7 Å². The van der Waals surface area contributed by atoms with Gasteiger partial charge in [-0.05, 0) is 17.2 Å². The molecule has 0 bridgehead atoms. The fraction of sp³-hybridized carbons (Fsp3) is 0. The summed E-state index contributed by atoms with van der Waals surface area (Å²) in [4.78, 5) is 4.32.